The number of phenols is 1. The van der Waals surface area contributed by atoms with Gasteiger partial charge in [0.1, 0.15) is 5.75 Å². The summed E-state index contributed by atoms with van der Waals surface area (Å²) in [6.45, 7) is 1.93. The molecule has 0 saturated heterocycles. The first kappa shape index (κ1) is 10.6. The third kappa shape index (κ3) is 2.27. The molecule has 0 aliphatic heterocycles. The normalized spacial score (nSPS) is 12.9. The fourth-order valence-corrected chi connectivity index (χ4v) is 1.60. The molecule has 0 aliphatic carbocycles. The van der Waals surface area contributed by atoms with E-state index in [-0.39, 0.29) is 16.8 Å². The number of halogens is 2. The Bertz CT molecular complexity index is 315. The van der Waals surface area contributed by atoms with Gasteiger partial charge in [-0.25, -0.2) is 0 Å². The SMILES string of the molecule is CCC(N)c1cc(Cl)cc(Cl)c1O. The summed E-state index contributed by atoms with van der Waals surface area (Å²) in [5, 5.41) is 10.3. The van der Waals surface area contributed by atoms with Crippen LogP contribution in [0.1, 0.15) is 24.9 Å². The van der Waals surface area contributed by atoms with Gasteiger partial charge in [0, 0.05) is 16.6 Å². The maximum atomic E-state index is 9.55. The third-order valence-corrected chi connectivity index (χ3v) is 2.40. The van der Waals surface area contributed by atoms with Crippen molar-refractivity contribution in [3.63, 3.8) is 0 Å². The molecule has 0 radical (unpaired) electrons. The average Bonchev–Trinajstić information content (AvgIpc) is 2.10. The third-order valence-electron chi connectivity index (χ3n) is 1.90. The highest BCUT2D eigenvalue weighted by molar-refractivity contribution is 6.35. The van der Waals surface area contributed by atoms with Gasteiger partial charge in [-0.15, -0.1) is 0 Å². The van der Waals surface area contributed by atoms with E-state index in [0.29, 0.717) is 10.6 Å². The summed E-state index contributed by atoms with van der Waals surface area (Å²) in [4.78, 5) is 0. The molecule has 1 unspecified atom stereocenters. The van der Waals surface area contributed by atoms with Crippen LogP contribution in [0, 0.1) is 0 Å². The molecule has 0 aliphatic rings. The highest BCUT2D eigenvalue weighted by Crippen LogP contribution is 2.34. The summed E-state index contributed by atoms with van der Waals surface area (Å²) in [5.74, 6) is 0.0282. The molecule has 1 atom stereocenters. The van der Waals surface area contributed by atoms with Crippen LogP contribution in [-0.4, -0.2) is 5.11 Å². The molecule has 0 fully saturated rings. The molecule has 0 aromatic heterocycles. The summed E-state index contributed by atoms with van der Waals surface area (Å²) in [6, 6.07) is 2.90. The number of phenolic OH excluding ortho intramolecular Hbond substituents is 1. The second kappa shape index (κ2) is 4.18. The van der Waals surface area contributed by atoms with Crippen molar-refractivity contribution in [1.29, 1.82) is 0 Å². The van der Waals surface area contributed by atoms with Crippen LogP contribution in [0.15, 0.2) is 12.1 Å². The van der Waals surface area contributed by atoms with E-state index in [4.69, 9.17) is 28.9 Å². The van der Waals surface area contributed by atoms with Crippen molar-refractivity contribution >= 4 is 23.2 Å². The van der Waals surface area contributed by atoms with Crippen molar-refractivity contribution in [2.24, 2.45) is 5.73 Å². The average molecular weight is 220 g/mol. The molecule has 1 rings (SSSR count). The van der Waals surface area contributed by atoms with Gasteiger partial charge in [0.15, 0.2) is 0 Å². The van der Waals surface area contributed by atoms with E-state index in [1.807, 2.05) is 6.92 Å². The first-order valence-corrected chi connectivity index (χ1v) is 4.75. The lowest BCUT2D eigenvalue weighted by molar-refractivity contribution is 0.460. The van der Waals surface area contributed by atoms with Crippen molar-refractivity contribution < 1.29 is 5.11 Å². The minimum absolute atomic E-state index is 0.0282. The van der Waals surface area contributed by atoms with Gasteiger partial charge in [-0.1, -0.05) is 30.1 Å². The molecule has 1 aromatic carbocycles. The molecule has 3 N–H and O–H groups in total. The van der Waals surface area contributed by atoms with E-state index in [0.717, 1.165) is 6.42 Å². The minimum atomic E-state index is -0.226. The second-order valence-corrected chi connectivity index (χ2v) is 3.68. The Hall–Kier alpha value is -0.440. The largest absolute Gasteiger partial charge is 0.506 e. The van der Waals surface area contributed by atoms with Crippen molar-refractivity contribution in [2.75, 3.05) is 0 Å². The van der Waals surface area contributed by atoms with Crippen molar-refractivity contribution in [2.45, 2.75) is 19.4 Å². The van der Waals surface area contributed by atoms with Gasteiger partial charge in [0.05, 0.1) is 5.02 Å². The van der Waals surface area contributed by atoms with Crippen molar-refractivity contribution in [3.05, 3.63) is 27.7 Å². The number of nitrogens with two attached hydrogens (primary N) is 1. The van der Waals surface area contributed by atoms with Gasteiger partial charge in [-0.3, -0.25) is 0 Å². The topological polar surface area (TPSA) is 46.2 Å². The zero-order valence-corrected chi connectivity index (χ0v) is 8.73. The lowest BCUT2D eigenvalue weighted by Gasteiger charge is -2.12. The zero-order valence-electron chi connectivity index (χ0n) is 7.22. The van der Waals surface area contributed by atoms with E-state index in [1.165, 1.54) is 6.07 Å². The number of aromatic hydroxyl groups is 1. The first-order chi connectivity index (χ1) is 6.06. The Kier molecular flexibility index (Phi) is 3.42. The highest BCUT2D eigenvalue weighted by Gasteiger charge is 2.12. The Morgan fingerprint density at radius 1 is 1.46 bits per heavy atom. The maximum Gasteiger partial charge on any atom is 0.139 e. The number of benzene rings is 1. The van der Waals surface area contributed by atoms with Crippen LogP contribution in [0.25, 0.3) is 0 Å². The summed E-state index contributed by atoms with van der Waals surface area (Å²) < 4.78 is 0. The van der Waals surface area contributed by atoms with Crippen LogP contribution in [-0.2, 0) is 0 Å². The summed E-state index contributed by atoms with van der Waals surface area (Å²) in [7, 11) is 0. The zero-order chi connectivity index (χ0) is 10.0. The van der Waals surface area contributed by atoms with Crippen molar-refractivity contribution in [1.82, 2.24) is 0 Å². The lowest BCUT2D eigenvalue weighted by atomic mass is 10.0. The molecule has 72 valence electrons. The van der Waals surface area contributed by atoms with Gasteiger partial charge in [0.2, 0.25) is 0 Å². The Balaban J connectivity index is 3.20. The fourth-order valence-electron chi connectivity index (χ4n) is 1.09. The minimum Gasteiger partial charge on any atom is -0.506 e. The molecule has 1 aromatic rings. The Morgan fingerprint density at radius 3 is 2.62 bits per heavy atom. The molecule has 13 heavy (non-hydrogen) atoms. The van der Waals surface area contributed by atoms with Crippen LogP contribution in [0.5, 0.6) is 5.75 Å². The standard InChI is InChI=1S/C9H11Cl2NO/c1-2-8(12)6-3-5(10)4-7(11)9(6)13/h3-4,8,13H,2,12H2,1H3. The lowest BCUT2D eigenvalue weighted by Crippen LogP contribution is -2.08. The van der Waals surface area contributed by atoms with Crippen LogP contribution in [0.3, 0.4) is 0 Å². The highest BCUT2D eigenvalue weighted by atomic mass is 35.5. The summed E-state index contributed by atoms with van der Waals surface area (Å²) >= 11 is 11.5. The molecule has 0 bridgehead atoms. The number of hydrogen-bond acceptors (Lipinski definition) is 2. The van der Waals surface area contributed by atoms with Gasteiger partial charge in [-0.2, -0.15) is 0 Å². The second-order valence-electron chi connectivity index (χ2n) is 2.84. The predicted molar refractivity (Wildman–Crippen MR) is 55.3 cm³/mol. The van der Waals surface area contributed by atoms with Gasteiger partial charge < -0.3 is 10.8 Å². The molecule has 0 spiro atoms. The van der Waals surface area contributed by atoms with E-state index in [2.05, 4.69) is 0 Å². The maximum absolute atomic E-state index is 9.55. The van der Waals surface area contributed by atoms with E-state index >= 15 is 0 Å². The molecular weight excluding hydrogens is 209 g/mol. The van der Waals surface area contributed by atoms with Crippen molar-refractivity contribution in [3.8, 4) is 5.75 Å². The predicted octanol–water partition coefficient (Wildman–Crippen LogP) is 3.11. The Labute approximate surface area is 87.3 Å². The van der Waals surface area contributed by atoms with E-state index in [1.54, 1.807) is 6.07 Å². The molecule has 0 amide bonds. The molecule has 2 nitrogen and oxygen atoms in total. The smallest absolute Gasteiger partial charge is 0.139 e. The van der Waals surface area contributed by atoms with Crippen LogP contribution in [0.2, 0.25) is 10.0 Å². The van der Waals surface area contributed by atoms with Gasteiger partial charge in [0.25, 0.3) is 0 Å². The number of rotatable bonds is 2. The first-order valence-electron chi connectivity index (χ1n) is 3.99. The number of hydrogen-bond donors (Lipinski definition) is 2. The molecule has 0 saturated carbocycles. The molecule has 4 heteroatoms. The molecular formula is C9H11Cl2NO. The van der Waals surface area contributed by atoms with Crippen LogP contribution in [0.4, 0.5) is 0 Å². The van der Waals surface area contributed by atoms with Gasteiger partial charge in [-0.05, 0) is 18.6 Å². The van der Waals surface area contributed by atoms with Crippen LogP contribution >= 0.6 is 23.2 Å². The molecule has 0 heterocycles. The monoisotopic (exact) mass is 219 g/mol. The quantitative estimate of drug-likeness (QED) is 0.804. The summed E-state index contributed by atoms with van der Waals surface area (Å²) in [6.07, 6.45) is 0.726. The van der Waals surface area contributed by atoms with E-state index < -0.39 is 0 Å². The van der Waals surface area contributed by atoms with E-state index in [9.17, 15) is 5.11 Å². The Morgan fingerprint density at radius 2 is 2.08 bits per heavy atom. The fraction of sp³-hybridized carbons (Fsp3) is 0.333. The van der Waals surface area contributed by atoms with Gasteiger partial charge >= 0.3 is 0 Å². The van der Waals surface area contributed by atoms with Crippen LogP contribution < -0.4 is 5.73 Å². The summed E-state index contributed by atoms with van der Waals surface area (Å²) in [5.41, 5.74) is 6.35.